The van der Waals surface area contributed by atoms with E-state index in [1.807, 2.05) is 0 Å². The van der Waals surface area contributed by atoms with Crippen molar-refractivity contribution in [2.75, 3.05) is 13.2 Å². The Bertz CT molecular complexity index is 902. The van der Waals surface area contributed by atoms with Crippen molar-refractivity contribution in [1.29, 1.82) is 0 Å². The van der Waals surface area contributed by atoms with Gasteiger partial charge in [-0.15, -0.1) is 0 Å². The van der Waals surface area contributed by atoms with E-state index in [-0.39, 0.29) is 25.2 Å². The number of ether oxygens (including phenoxy) is 2. The molecule has 368 valence electrons. The van der Waals surface area contributed by atoms with Crippen LogP contribution in [0.3, 0.4) is 0 Å². The minimum absolute atomic E-state index is 0.0625. The maximum atomic E-state index is 12.2. The third kappa shape index (κ3) is 51.3. The van der Waals surface area contributed by atoms with Gasteiger partial charge < -0.3 is 14.6 Å². The average Bonchev–Trinajstić information content (AvgIpc) is 3.28. The molecule has 62 heavy (non-hydrogen) atoms. The van der Waals surface area contributed by atoms with Crippen LogP contribution >= 0.6 is 0 Å². The summed E-state index contributed by atoms with van der Waals surface area (Å²) in [4.78, 5) is 24.4. The summed E-state index contributed by atoms with van der Waals surface area (Å²) < 4.78 is 10.7. The zero-order chi connectivity index (χ0) is 44.9. The van der Waals surface area contributed by atoms with Gasteiger partial charge in [-0.05, 0) is 38.5 Å². The quantitative estimate of drug-likeness (QED) is 0.0374. The van der Waals surface area contributed by atoms with Gasteiger partial charge in [-0.1, -0.05) is 283 Å². The van der Waals surface area contributed by atoms with E-state index in [9.17, 15) is 14.7 Å². The number of esters is 2. The average molecular weight is 876 g/mol. The predicted octanol–water partition coefficient (Wildman–Crippen LogP) is 18.8. The molecule has 0 aromatic rings. The second kappa shape index (κ2) is 54.0. The van der Waals surface area contributed by atoms with Gasteiger partial charge in [0.2, 0.25) is 0 Å². The second-order valence-corrected chi connectivity index (χ2v) is 19.4. The summed E-state index contributed by atoms with van der Waals surface area (Å²) in [6, 6.07) is 0. The van der Waals surface area contributed by atoms with Crippen molar-refractivity contribution < 1.29 is 24.2 Å². The Morgan fingerprint density at radius 1 is 0.355 bits per heavy atom. The van der Waals surface area contributed by atoms with Crippen LogP contribution in [0.1, 0.15) is 322 Å². The van der Waals surface area contributed by atoms with Gasteiger partial charge in [-0.3, -0.25) is 9.59 Å². The highest BCUT2D eigenvalue weighted by Crippen LogP contribution is 2.18. The van der Waals surface area contributed by atoms with E-state index in [1.165, 1.54) is 257 Å². The van der Waals surface area contributed by atoms with Crippen molar-refractivity contribution in [2.24, 2.45) is 0 Å². The molecule has 1 N–H and O–H groups in total. The number of hydrogen-bond acceptors (Lipinski definition) is 5. The minimum atomic E-state index is -0.770. The molecule has 0 saturated heterocycles. The first-order valence-corrected chi connectivity index (χ1v) is 28.2. The van der Waals surface area contributed by atoms with E-state index in [0.717, 1.165) is 38.5 Å². The Balaban J connectivity index is 3.35. The first kappa shape index (κ1) is 60.6. The molecule has 0 rings (SSSR count). The fourth-order valence-corrected chi connectivity index (χ4v) is 8.79. The summed E-state index contributed by atoms with van der Waals surface area (Å²) in [5.41, 5.74) is 0. The number of carbonyl (C=O) groups excluding carboxylic acids is 2. The van der Waals surface area contributed by atoms with Crippen LogP contribution in [0, 0.1) is 0 Å². The summed E-state index contributed by atoms with van der Waals surface area (Å²) in [5, 5.41) is 9.61. The molecule has 1 unspecified atom stereocenters. The van der Waals surface area contributed by atoms with E-state index in [1.54, 1.807) is 0 Å². The number of hydrogen-bond donors (Lipinski definition) is 1. The first-order valence-electron chi connectivity index (χ1n) is 28.2. The molecule has 5 heteroatoms. The Hall–Kier alpha value is -1.36. The Kier molecular flexibility index (Phi) is 52.8. The molecule has 0 heterocycles. The van der Waals surface area contributed by atoms with Crippen molar-refractivity contribution in [1.82, 2.24) is 0 Å². The van der Waals surface area contributed by atoms with Gasteiger partial charge in [0.15, 0.2) is 6.10 Å². The molecule has 0 amide bonds. The molecule has 5 nitrogen and oxygen atoms in total. The third-order valence-corrected chi connectivity index (χ3v) is 13.1. The molecule has 0 fully saturated rings. The van der Waals surface area contributed by atoms with Gasteiger partial charge in [0.25, 0.3) is 0 Å². The van der Waals surface area contributed by atoms with Crippen LogP contribution in [0.5, 0.6) is 0 Å². The third-order valence-electron chi connectivity index (χ3n) is 13.1. The van der Waals surface area contributed by atoms with Crippen LogP contribution in [0.4, 0.5) is 0 Å². The second-order valence-electron chi connectivity index (χ2n) is 19.4. The van der Waals surface area contributed by atoms with Crippen LogP contribution in [0.15, 0.2) is 12.2 Å². The van der Waals surface area contributed by atoms with E-state index in [4.69, 9.17) is 9.47 Å². The molecule has 0 saturated carbocycles. The van der Waals surface area contributed by atoms with Crippen LogP contribution in [0.25, 0.3) is 0 Å². The summed E-state index contributed by atoms with van der Waals surface area (Å²) in [5.74, 6) is -0.583. The minimum Gasteiger partial charge on any atom is -0.462 e. The standard InChI is InChI=1S/C57H110O5/c1-3-5-7-9-11-13-15-17-19-20-21-22-23-24-25-26-27-28-29-30-31-32-33-34-35-36-37-38-40-41-43-45-47-49-51-56(59)61-54-55(53-58)62-57(60)52-50-48-46-44-42-39-18-16-14-12-10-8-6-4-2/h16,18,55,58H,3-15,17,19-54H2,1-2H3/b18-16-. The van der Waals surface area contributed by atoms with E-state index in [2.05, 4.69) is 26.0 Å². The van der Waals surface area contributed by atoms with Crippen LogP contribution in [0.2, 0.25) is 0 Å². The molecule has 0 aromatic heterocycles. The number of rotatable bonds is 53. The van der Waals surface area contributed by atoms with Crippen molar-refractivity contribution in [2.45, 2.75) is 328 Å². The van der Waals surface area contributed by atoms with Crippen molar-refractivity contribution in [3.63, 3.8) is 0 Å². The van der Waals surface area contributed by atoms with Gasteiger partial charge in [0.1, 0.15) is 6.61 Å². The van der Waals surface area contributed by atoms with Crippen LogP contribution in [-0.4, -0.2) is 36.4 Å². The van der Waals surface area contributed by atoms with Gasteiger partial charge in [-0.2, -0.15) is 0 Å². The normalized spacial score (nSPS) is 12.1. The lowest BCUT2D eigenvalue weighted by atomic mass is 10.0. The van der Waals surface area contributed by atoms with E-state index < -0.39 is 6.10 Å². The smallest absolute Gasteiger partial charge is 0.306 e. The number of aliphatic hydroxyl groups excluding tert-OH is 1. The maximum absolute atomic E-state index is 12.2. The molecule has 1 atom stereocenters. The zero-order valence-corrected chi connectivity index (χ0v) is 42.2. The lowest BCUT2D eigenvalue weighted by Crippen LogP contribution is -2.28. The number of unbranched alkanes of at least 4 members (excludes halogenated alkanes) is 43. The fourth-order valence-electron chi connectivity index (χ4n) is 8.79. The van der Waals surface area contributed by atoms with Crippen molar-refractivity contribution >= 4 is 11.9 Å². The van der Waals surface area contributed by atoms with Gasteiger partial charge in [0.05, 0.1) is 6.61 Å². The van der Waals surface area contributed by atoms with E-state index in [0.29, 0.717) is 12.8 Å². The summed E-state index contributed by atoms with van der Waals surface area (Å²) in [7, 11) is 0. The highest BCUT2D eigenvalue weighted by atomic mass is 16.6. The fraction of sp³-hybridized carbons (Fsp3) is 0.930. The van der Waals surface area contributed by atoms with Crippen molar-refractivity contribution in [3.05, 3.63) is 12.2 Å². The lowest BCUT2D eigenvalue weighted by Gasteiger charge is -2.15. The molecule has 0 radical (unpaired) electrons. The Morgan fingerprint density at radius 3 is 0.871 bits per heavy atom. The lowest BCUT2D eigenvalue weighted by molar-refractivity contribution is -0.161. The zero-order valence-electron chi connectivity index (χ0n) is 42.2. The maximum Gasteiger partial charge on any atom is 0.306 e. The molecular weight excluding hydrogens is 765 g/mol. The van der Waals surface area contributed by atoms with Crippen molar-refractivity contribution in [3.8, 4) is 0 Å². The molecule has 0 aliphatic heterocycles. The van der Waals surface area contributed by atoms with Crippen LogP contribution < -0.4 is 0 Å². The number of aliphatic hydroxyl groups is 1. The highest BCUT2D eigenvalue weighted by molar-refractivity contribution is 5.70. The van der Waals surface area contributed by atoms with E-state index >= 15 is 0 Å². The Morgan fingerprint density at radius 2 is 0.597 bits per heavy atom. The van der Waals surface area contributed by atoms with Gasteiger partial charge in [-0.25, -0.2) is 0 Å². The van der Waals surface area contributed by atoms with Gasteiger partial charge >= 0.3 is 11.9 Å². The largest absolute Gasteiger partial charge is 0.462 e. The molecule has 0 aromatic carbocycles. The number of carbonyl (C=O) groups is 2. The molecule has 0 spiro atoms. The highest BCUT2D eigenvalue weighted by Gasteiger charge is 2.16. The SMILES string of the molecule is CCCCCCC/C=C\CCCCCCCC(=O)OC(CO)COC(=O)CCCCCCCCCCCCCCCCCCCCCCCCCCCCCCCCCCCC. The first-order chi connectivity index (χ1) is 30.6. The molecule has 0 bridgehead atoms. The molecular formula is C57H110O5. The molecule has 0 aliphatic rings. The predicted molar refractivity (Wildman–Crippen MR) is 270 cm³/mol. The van der Waals surface area contributed by atoms with Gasteiger partial charge in [0, 0.05) is 12.8 Å². The Labute approximate surface area is 388 Å². The van der Waals surface area contributed by atoms with Crippen LogP contribution in [-0.2, 0) is 19.1 Å². The molecule has 0 aliphatic carbocycles. The summed E-state index contributed by atoms with van der Waals surface area (Å²) in [6.45, 7) is 4.17. The summed E-state index contributed by atoms with van der Waals surface area (Å²) >= 11 is 0. The number of allylic oxidation sites excluding steroid dienone is 2. The monoisotopic (exact) mass is 875 g/mol. The summed E-state index contributed by atoms with van der Waals surface area (Å²) in [6.07, 6.45) is 66.4. The topological polar surface area (TPSA) is 72.8 Å².